The monoisotopic (exact) mass is 350 g/mol. The fourth-order valence-corrected chi connectivity index (χ4v) is 2.73. The number of aromatic nitrogens is 7. The molecule has 0 radical (unpaired) electrons. The molecule has 9 nitrogen and oxygen atoms in total. The molecule has 9 heteroatoms. The lowest BCUT2D eigenvalue weighted by Crippen LogP contribution is -2.19. The highest BCUT2D eigenvalue weighted by Crippen LogP contribution is 2.11. The fourth-order valence-electron chi connectivity index (χ4n) is 2.73. The molecule has 4 aromatic rings. The number of amides is 1. The van der Waals surface area contributed by atoms with Crippen LogP contribution in [0.5, 0.6) is 0 Å². The molecular weight excluding hydrogens is 332 g/mol. The van der Waals surface area contributed by atoms with Crippen LogP contribution in [0.4, 0.5) is 5.69 Å². The number of benzene rings is 1. The van der Waals surface area contributed by atoms with Crippen LogP contribution in [0.3, 0.4) is 0 Å². The van der Waals surface area contributed by atoms with E-state index in [9.17, 15) is 4.79 Å². The normalized spacial score (nSPS) is 11.1. The van der Waals surface area contributed by atoms with Crippen molar-refractivity contribution >= 4 is 22.6 Å². The first-order valence-electron chi connectivity index (χ1n) is 8.33. The number of aryl methyl sites for hydroxylation is 1. The molecule has 1 N–H and O–H groups in total. The van der Waals surface area contributed by atoms with Gasteiger partial charge in [-0.05, 0) is 19.1 Å². The zero-order valence-electron chi connectivity index (χ0n) is 14.3. The van der Waals surface area contributed by atoms with Crippen LogP contribution in [-0.4, -0.2) is 40.5 Å². The fraction of sp³-hybridized carbons (Fsp3) is 0.235. The molecular formula is C17H18N8O. The second kappa shape index (κ2) is 6.79. The lowest BCUT2D eigenvalue weighted by atomic mass is 10.3. The van der Waals surface area contributed by atoms with Crippen LogP contribution < -0.4 is 5.32 Å². The van der Waals surface area contributed by atoms with Crippen molar-refractivity contribution in [2.24, 2.45) is 0 Å². The Morgan fingerprint density at radius 3 is 2.81 bits per heavy atom. The Balaban J connectivity index is 1.39. The maximum Gasteiger partial charge on any atom is 0.246 e. The maximum absolute atomic E-state index is 12.3. The SMILES string of the molecule is CCn1cc(Cn2cc(NC(=O)Cn3nnc4ccccc43)cn2)cn1. The molecule has 0 aliphatic heterocycles. The number of carbonyl (C=O) groups excluding carboxylic acids is 1. The van der Waals surface area contributed by atoms with Gasteiger partial charge in [-0.25, -0.2) is 4.68 Å². The number of hydrogen-bond acceptors (Lipinski definition) is 5. The minimum absolute atomic E-state index is 0.0922. The van der Waals surface area contributed by atoms with Crippen LogP contribution in [0.15, 0.2) is 49.1 Å². The Morgan fingerprint density at radius 1 is 1.12 bits per heavy atom. The van der Waals surface area contributed by atoms with Crippen LogP contribution in [-0.2, 0) is 24.4 Å². The largest absolute Gasteiger partial charge is 0.322 e. The molecule has 3 aromatic heterocycles. The summed E-state index contributed by atoms with van der Waals surface area (Å²) >= 11 is 0. The van der Waals surface area contributed by atoms with Gasteiger partial charge in [0.1, 0.15) is 12.1 Å². The van der Waals surface area contributed by atoms with E-state index < -0.39 is 0 Å². The van der Waals surface area contributed by atoms with Gasteiger partial charge in [0, 0.05) is 24.5 Å². The van der Waals surface area contributed by atoms with E-state index in [0.29, 0.717) is 12.2 Å². The van der Waals surface area contributed by atoms with Crippen molar-refractivity contribution in [3.05, 3.63) is 54.6 Å². The molecule has 1 amide bonds. The van der Waals surface area contributed by atoms with Gasteiger partial charge in [0.05, 0.1) is 30.1 Å². The number of nitrogens with one attached hydrogen (secondary N) is 1. The number of para-hydroxylation sites is 1. The number of rotatable bonds is 6. The Hall–Kier alpha value is -3.49. The van der Waals surface area contributed by atoms with E-state index in [0.717, 1.165) is 23.1 Å². The first-order chi connectivity index (χ1) is 12.7. The van der Waals surface area contributed by atoms with Crippen molar-refractivity contribution < 1.29 is 4.79 Å². The Labute approximate surface area is 149 Å². The predicted molar refractivity (Wildman–Crippen MR) is 95.4 cm³/mol. The van der Waals surface area contributed by atoms with E-state index in [1.807, 2.05) is 48.3 Å². The van der Waals surface area contributed by atoms with Gasteiger partial charge in [-0.1, -0.05) is 17.3 Å². The van der Waals surface area contributed by atoms with Gasteiger partial charge < -0.3 is 5.32 Å². The molecule has 4 rings (SSSR count). The number of hydrogen-bond donors (Lipinski definition) is 1. The van der Waals surface area contributed by atoms with E-state index in [1.54, 1.807) is 21.8 Å². The first kappa shape index (κ1) is 16.0. The minimum atomic E-state index is -0.181. The van der Waals surface area contributed by atoms with Crippen molar-refractivity contribution in [2.45, 2.75) is 26.6 Å². The molecule has 0 saturated heterocycles. The molecule has 0 aliphatic carbocycles. The molecule has 0 bridgehead atoms. The molecule has 0 unspecified atom stereocenters. The third-order valence-corrected chi connectivity index (χ3v) is 3.99. The third kappa shape index (κ3) is 3.32. The molecule has 0 atom stereocenters. The highest BCUT2D eigenvalue weighted by atomic mass is 16.2. The van der Waals surface area contributed by atoms with Crippen molar-refractivity contribution in [3.8, 4) is 0 Å². The summed E-state index contributed by atoms with van der Waals surface area (Å²) < 4.78 is 5.20. The van der Waals surface area contributed by atoms with Crippen LogP contribution in [0.1, 0.15) is 12.5 Å². The Morgan fingerprint density at radius 2 is 1.96 bits per heavy atom. The van der Waals surface area contributed by atoms with Gasteiger partial charge in [0.15, 0.2) is 0 Å². The summed E-state index contributed by atoms with van der Waals surface area (Å²) in [6.45, 7) is 3.56. The summed E-state index contributed by atoms with van der Waals surface area (Å²) in [4.78, 5) is 12.3. The summed E-state index contributed by atoms with van der Waals surface area (Å²) in [7, 11) is 0. The van der Waals surface area contributed by atoms with E-state index in [4.69, 9.17) is 0 Å². The quantitative estimate of drug-likeness (QED) is 0.569. The summed E-state index contributed by atoms with van der Waals surface area (Å²) in [6.07, 6.45) is 7.22. The molecule has 0 spiro atoms. The zero-order valence-corrected chi connectivity index (χ0v) is 14.3. The maximum atomic E-state index is 12.3. The third-order valence-electron chi connectivity index (χ3n) is 3.99. The number of anilines is 1. The molecule has 3 heterocycles. The Bertz CT molecular complexity index is 1040. The van der Waals surface area contributed by atoms with E-state index in [1.165, 1.54) is 0 Å². The summed E-state index contributed by atoms with van der Waals surface area (Å²) in [6, 6.07) is 7.53. The Kier molecular flexibility index (Phi) is 4.18. The number of carbonyl (C=O) groups is 1. The van der Waals surface area contributed by atoms with Crippen LogP contribution in [0.25, 0.3) is 11.0 Å². The summed E-state index contributed by atoms with van der Waals surface area (Å²) in [5.41, 5.74) is 3.29. The van der Waals surface area contributed by atoms with Gasteiger partial charge >= 0.3 is 0 Å². The van der Waals surface area contributed by atoms with Crippen molar-refractivity contribution in [3.63, 3.8) is 0 Å². The molecule has 0 fully saturated rings. The first-order valence-corrected chi connectivity index (χ1v) is 8.33. The lowest BCUT2D eigenvalue weighted by Gasteiger charge is -2.03. The van der Waals surface area contributed by atoms with E-state index >= 15 is 0 Å². The molecule has 0 aliphatic rings. The molecule has 132 valence electrons. The van der Waals surface area contributed by atoms with E-state index in [2.05, 4.69) is 25.8 Å². The number of nitrogens with zero attached hydrogens (tertiary/aromatic N) is 7. The van der Waals surface area contributed by atoms with Crippen molar-refractivity contribution in [2.75, 3.05) is 5.32 Å². The van der Waals surface area contributed by atoms with Gasteiger partial charge in [0.25, 0.3) is 0 Å². The lowest BCUT2D eigenvalue weighted by molar-refractivity contribution is -0.116. The second-order valence-electron chi connectivity index (χ2n) is 5.91. The van der Waals surface area contributed by atoms with Gasteiger partial charge in [-0.3, -0.25) is 14.2 Å². The van der Waals surface area contributed by atoms with E-state index in [-0.39, 0.29) is 12.5 Å². The predicted octanol–water partition coefficient (Wildman–Crippen LogP) is 1.53. The number of fused-ring (bicyclic) bond motifs is 1. The highest BCUT2D eigenvalue weighted by molar-refractivity contribution is 5.91. The van der Waals surface area contributed by atoms with Crippen LogP contribution in [0.2, 0.25) is 0 Å². The average molecular weight is 350 g/mol. The van der Waals surface area contributed by atoms with Crippen molar-refractivity contribution in [1.82, 2.24) is 34.6 Å². The van der Waals surface area contributed by atoms with Gasteiger partial charge in [-0.15, -0.1) is 5.10 Å². The smallest absolute Gasteiger partial charge is 0.246 e. The van der Waals surface area contributed by atoms with Crippen molar-refractivity contribution in [1.29, 1.82) is 0 Å². The molecule has 1 aromatic carbocycles. The standard InChI is InChI=1S/C17H18N8O/c1-2-23-9-13(7-18-23)10-24-11-14(8-19-24)20-17(26)12-25-16-6-4-3-5-15(16)21-22-25/h3-9,11H,2,10,12H2,1H3,(H,20,26). The van der Waals surface area contributed by atoms with Gasteiger partial charge in [0.2, 0.25) is 5.91 Å². The topological polar surface area (TPSA) is 95.5 Å². The second-order valence-corrected chi connectivity index (χ2v) is 5.91. The highest BCUT2D eigenvalue weighted by Gasteiger charge is 2.10. The van der Waals surface area contributed by atoms with Gasteiger partial charge in [-0.2, -0.15) is 10.2 Å². The molecule has 0 saturated carbocycles. The van der Waals surface area contributed by atoms with Crippen LogP contribution >= 0.6 is 0 Å². The zero-order chi connectivity index (χ0) is 17.9. The minimum Gasteiger partial charge on any atom is -0.322 e. The summed E-state index contributed by atoms with van der Waals surface area (Å²) in [5.74, 6) is -0.181. The average Bonchev–Trinajstić information content (AvgIpc) is 3.37. The summed E-state index contributed by atoms with van der Waals surface area (Å²) in [5, 5.41) is 19.4. The van der Waals surface area contributed by atoms with Crippen LogP contribution in [0, 0.1) is 0 Å². The molecule has 26 heavy (non-hydrogen) atoms.